The van der Waals surface area contributed by atoms with Gasteiger partial charge in [0.15, 0.2) is 35.7 Å². The van der Waals surface area contributed by atoms with E-state index in [0.29, 0.717) is 10.8 Å². The Hall–Kier alpha value is -2.27. The molecule has 2 rings (SSSR count). The molecule has 4 atom stereocenters. The number of halogens is 3. The standard InChI is InChI=1S/C18H24ClF2N3O6/c1-8(2)15(25)28-7-18(6-19)12(29-16(26)9(3)4)11(21)14(30-18)24-5-10(20)13(22)23-17(24)27/h5,8-9,11-12,14H,6-7H2,1-4H3,(H2,22,23,27). The molecule has 0 aliphatic carbocycles. The quantitative estimate of drug-likeness (QED) is 0.489. The Morgan fingerprint density at radius 3 is 2.47 bits per heavy atom. The van der Waals surface area contributed by atoms with Gasteiger partial charge in [-0.1, -0.05) is 27.7 Å². The summed E-state index contributed by atoms with van der Waals surface area (Å²) in [5.41, 5.74) is 2.35. The summed E-state index contributed by atoms with van der Waals surface area (Å²) in [6.45, 7) is 5.69. The van der Waals surface area contributed by atoms with Gasteiger partial charge in [-0.05, 0) is 0 Å². The second-order valence-corrected chi connectivity index (χ2v) is 7.86. The lowest BCUT2D eigenvalue weighted by Crippen LogP contribution is -2.51. The topological polar surface area (TPSA) is 123 Å². The maximum atomic E-state index is 15.4. The first-order chi connectivity index (χ1) is 13.9. The van der Waals surface area contributed by atoms with Crippen LogP contribution in [0.15, 0.2) is 11.0 Å². The third-order valence-corrected chi connectivity index (χ3v) is 4.97. The summed E-state index contributed by atoms with van der Waals surface area (Å²) < 4.78 is 45.9. The molecular weight excluding hydrogens is 428 g/mol. The van der Waals surface area contributed by atoms with Crippen molar-refractivity contribution < 1.29 is 32.6 Å². The van der Waals surface area contributed by atoms with E-state index in [-0.39, 0.29) is 0 Å². The number of hydrogen-bond donors (Lipinski definition) is 1. The number of nitrogen functional groups attached to an aromatic ring is 1. The molecule has 1 aromatic heterocycles. The van der Waals surface area contributed by atoms with Gasteiger partial charge >= 0.3 is 17.6 Å². The predicted octanol–water partition coefficient (Wildman–Crippen LogP) is 1.58. The largest absolute Gasteiger partial charge is 0.462 e. The molecule has 12 heteroatoms. The number of ether oxygens (including phenoxy) is 3. The van der Waals surface area contributed by atoms with Crippen LogP contribution in [0.3, 0.4) is 0 Å². The lowest BCUT2D eigenvalue weighted by atomic mass is 9.98. The Labute approximate surface area is 176 Å². The first kappa shape index (κ1) is 24.0. The van der Waals surface area contributed by atoms with E-state index in [4.69, 9.17) is 31.5 Å². The minimum Gasteiger partial charge on any atom is -0.462 e. The lowest BCUT2D eigenvalue weighted by Gasteiger charge is -2.32. The smallest absolute Gasteiger partial charge is 0.351 e. The summed E-state index contributed by atoms with van der Waals surface area (Å²) in [5.74, 6) is -4.67. The summed E-state index contributed by atoms with van der Waals surface area (Å²) in [7, 11) is 0. The monoisotopic (exact) mass is 451 g/mol. The molecule has 0 aromatic carbocycles. The Bertz CT molecular complexity index is 865. The predicted molar refractivity (Wildman–Crippen MR) is 102 cm³/mol. The molecule has 1 aliphatic heterocycles. The molecule has 30 heavy (non-hydrogen) atoms. The summed E-state index contributed by atoms with van der Waals surface area (Å²) in [6, 6.07) is 0. The summed E-state index contributed by atoms with van der Waals surface area (Å²) in [5, 5.41) is 0. The van der Waals surface area contributed by atoms with E-state index in [1.54, 1.807) is 13.8 Å². The van der Waals surface area contributed by atoms with Gasteiger partial charge in [-0.3, -0.25) is 14.2 Å². The van der Waals surface area contributed by atoms with Gasteiger partial charge in [0, 0.05) is 0 Å². The molecule has 2 N–H and O–H groups in total. The Balaban J connectivity index is 2.46. The van der Waals surface area contributed by atoms with E-state index in [1.165, 1.54) is 13.8 Å². The van der Waals surface area contributed by atoms with Gasteiger partial charge in [-0.25, -0.2) is 13.6 Å². The molecular formula is C18H24ClF2N3O6. The zero-order valence-electron chi connectivity index (χ0n) is 16.9. The minimum atomic E-state index is -2.15. The number of anilines is 1. The van der Waals surface area contributed by atoms with Gasteiger partial charge in [-0.15, -0.1) is 11.6 Å². The highest BCUT2D eigenvalue weighted by molar-refractivity contribution is 6.18. The van der Waals surface area contributed by atoms with E-state index in [1.807, 2.05) is 0 Å². The van der Waals surface area contributed by atoms with Crippen LogP contribution < -0.4 is 11.4 Å². The van der Waals surface area contributed by atoms with Crippen LogP contribution in [-0.4, -0.2) is 51.9 Å². The van der Waals surface area contributed by atoms with E-state index in [0.717, 1.165) is 0 Å². The van der Waals surface area contributed by atoms with Crippen LogP contribution in [0.4, 0.5) is 14.6 Å². The normalized spacial score (nSPS) is 26.2. The number of hydrogen-bond acceptors (Lipinski definition) is 8. The van der Waals surface area contributed by atoms with E-state index >= 15 is 4.39 Å². The molecule has 168 valence electrons. The van der Waals surface area contributed by atoms with Gasteiger partial charge in [0.05, 0.1) is 23.9 Å². The maximum absolute atomic E-state index is 15.4. The van der Waals surface area contributed by atoms with Crippen molar-refractivity contribution in [2.75, 3.05) is 18.2 Å². The highest BCUT2D eigenvalue weighted by Crippen LogP contribution is 2.42. The first-order valence-electron chi connectivity index (χ1n) is 9.22. The van der Waals surface area contributed by atoms with Crippen molar-refractivity contribution >= 4 is 29.4 Å². The number of nitrogens with two attached hydrogens (primary N) is 1. The van der Waals surface area contributed by atoms with Crippen LogP contribution in [-0.2, 0) is 23.8 Å². The molecule has 1 saturated heterocycles. The average Bonchev–Trinajstić information content (AvgIpc) is 2.95. The third kappa shape index (κ3) is 4.72. The van der Waals surface area contributed by atoms with Crippen LogP contribution in [0.2, 0.25) is 0 Å². The van der Waals surface area contributed by atoms with Crippen molar-refractivity contribution in [1.29, 1.82) is 0 Å². The molecule has 1 aliphatic rings. The highest BCUT2D eigenvalue weighted by Gasteiger charge is 2.59. The van der Waals surface area contributed by atoms with Crippen LogP contribution in [0, 0.1) is 17.7 Å². The average molecular weight is 452 g/mol. The number of carbonyl (C=O) groups is 2. The summed E-state index contributed by atoms with van der Waals surface area (Å²) >= 11 is 6.03. The van der Waals surface area contributed by atoms with Crippen molar-refractivity contribution in [2.45, 2.75) is 51.8 Å². The summed E-state index contributed by atoms with van der Waals surface area (Å²) in [4.78, 5) is 39.5. The fraction of sp³-hybridized carbons (Fsp3) is 0.667. The van der Waals surface area contributed by atoms with Crippen molar-refractivity contribution in [2.24, 2.45) is 11.8 Å². The number of alkyl halides is 2. The number of esters is 2. The zero-order chi connectivity index (χ0) is 22.8. The Kier molecular flexibility index (Phi) is 7.40. The van der Waals surface area contributed by atoms with Gasteiger partial charge < -0.3 is 19.9 Å². The van der Waals surface area contributed by atoms with Gasteiger partial charge in [-0.2, -0.15) is 4.98 Å². The molecule has 0 bridgehead atoms. The lowest BCUT2D eigenvalue weighted by molar-refractivity contribution is -0.177. The molecule has 4 unspecified atom stereocenters. The van der Waals surface area contributed by atoms with Crippen LogP contribution in [0.1, 0.15) is 33.9 Å². The molecule has 1 fully saturated rings. The van der Waals surface area contributed by atoms with Crippen molar-refractivity contribution in [3.63, 3.8) is 0 Å². The highest BCUT2D eigenvalue weighted by atomic mass is 35.5. The van der Waals surface area contributed by atoms with E-state index in [9.17, 15) is 18.8 Å². The fourth-order valence-electron chi connectivity index (χ4n) is 2.72. The molecule has 0 saturated carbocycles. The molecule has 9 nitrogen and oxygen atoms in total. The third-order valence-electron chi connectivity index (χ3n) is 4.51. The Morgan fingerprint density at radius 2 is 1.93 bits per heavy atom. The van der Waals surface area contributed by atoms with Crippen LogP contribution in [0.5, 0.6) is 0 Å². The van der Waals surface area contributed by atoms with E-state index < -0.39 is 77.7 Å². The molecule has 2 heterocycles. The van der Waals surface area contributed by atoms with Crippen molar-refractivity contribution in [1.82, 2.24) is 9.55 Å². The fourth-order valence-corrected chi connectivity index (χ4v) is 3.01. The molecule has 0 radical (unpaired) electrons. The number of carbonyl (C=O) groups excluding carboxylic acids is 2. The SMILES string of the molecule is CC(C)C(=O)OCC1(CCl)OC(n2cc(F)c(N)nc2=O)C(F)C1OC(=O)C(C)C. The van der Waals surface area contributed by atoms with Gasteiger partial charge in [0.2, 0.25) is 0 Å². The number of aromatic nitrogens is 2. The maximum Gasteiger partial charge on any atom is 0.351 e. The zero-order valence-corrected chi connectivity index (χ0v) is 17.7. The van der Waals surface area contributed by atoms with Crippen LogP contribution >= 0.6 is 11.6 Å². The summed E-state index contributed by atoms with van der Waals surface area (Å²) in [6.07, 6.45) is -4.90. The Morgan fingerprint density at radius 1 is 1.33 bits per heavy atom. The van der Waals surface area contributed by atoms with Gasteiger partial charge in [0.1, 0.15) is 6.61 Å². The number of nitrogens with zero attached hydrogens (tertiary/aromatic N) is 2. The molecule has 0 spiro atoms. The molecule has 1 aromatic rings. The second kappa shape index (κ2) is 9.25. The number of rotatable bonds is 7. The first-order valence-corrected chi connectivity index (χ1v) is 9.76. The van der Waals surface area contributed by atoms with E-state index in [2.05, 4.69) is 4.98 Å². The van der Waals surface area contributed by atoms with Crippen molar-refractivity contribution in [3.05, 3.63) is 22.5 Å². The minimum absolute atomic E-state index is 0.453. The second-order valence-electron chi connectivity index (χ2n) is 7.59. The molecule has 0 amide bonds. The van der Waals surface area contributed by atoms with Crippen LogP contribution in [0.25, 0.3) is 0 Å². The van der Waals surface area contributed by atoms with Crippen molar-refractivity contribution in [3.8, 4) is 0 Å². The van der Waals surface area contributed by atoms with Gasteiger partial charge in [0.25, 0.3) is 0 Å².